The Hall–Kier alpha value is -3.33. The van der Waals surface area contributed by atoms with Crippen molar-refractivity contribution >= 4 is 28.7 Å². The molecule has 0 aliphatic carbocycles. The summed E-state index contributed by atoms with van der Waals surface area (Å²) >= 11 is 1.62. The molecule has 1 saturated heterocycles. The van der Waals surface area contributed by atoms with Crippen LogP contribution in [0, 0.1) is 17.0 Å². The molecular formula is C20H19N5O3S. The van der Waals surface area contributed by atoms with Crippen LogP contribution in [0.25, 0.3) is 10.6 Å². The number of aryl methyl sites for hydroxylation is 1. The van der Waals surface area contributed by atoms with Gasteiger partial charge in [0.25, 0.3) is 11.6 Å². The standard InChI is InChI=1S/C20H19N5O3S/c1-14-16(5-6-17(22-14)18-3-2-12-29-18)20(26)24-10-8-23(9-11-24)19-7-4-15(13-21-19)25(27)28/h2-7,12-13H,8-11H2,1H3. The number of nitrogens with zero attached hydrogens (tertiary/aromatic N) is 5. The third-order valence-corrected chi connectivity index (χ3v) is 5.82. The van der Waals surface area contributed by atoms with E-state index in [1.165, 1.54) is 12.3 Å². The van der Waals surface area contributed by atoms with Crippen LogP contribution in [0.3, 0.4) is 0 Å². The van der Waals surface area contributed by atoms with Gasteiger partial charge in [-0.25, -0.2) is 4.98 Å². The molecule has 0 radical (unpaired) electrons. The number of carbonyl (C=O) groups excluding carboxylic acids is 1. The molecular weight excluding hydrogens is 390 g/mol. The van der Waals surface area contributed by atoms with Gasteiger partial charge in [-0.3, -0.25) is 19.9 Å². The summed E-state index contributed by atoms with van der Waals surface area (Å²) in [5, 5.41) is 12.8. The van der Waals surface area contributed by atoms with Gasteiger partial charge in [0, 0.05) is 32.2 Å². The molecule has 4 heterocycles. The minimum atomic E-state index is -0.465. The van der Waals surface area contributed by atoms with Crippen molar-refractivity contribution in [2.24, 2.45) is 0 Å². The summed E-state index contributed by atoms with van der Waals surface area (Å²) in [5.74, 6) is 0.657. The summed E-state index contributed by atoms with van der Waals surface area (Å²) in [7, 11) is 0. The number of thiophene rings is 1. The van der Waals surface area contributed by atoms with E-state index in [1.54, 1.807) is 17.4 Å². The van der Waals surface area contributed by atoms with Gasteiger partial charge in [-0.15, -0.1) is 11.3 Å². The average Bonchev–Trinajstić information content (AvgIpc) is 3.28. The number of rotatable bonds is 4. The molecule has 3 aromatic rings. The zero-order valence-electron chi connectivity index (χ0n) is 15.8. The highest BCUT2D eigenvalue weighted by Gasteiger charge is 2.24. The molecule has 148 valence electrons. The second-order valence-corrected chi connectivity index (χ2v) is 7.67. The maximum Gasteiger partial charge on any atom is 0.287 e. The number of amides is 1. The Morgan fingerprint density at radius 2 is 1.93 bits per heavy atom. The fourth-order valence-electron chi connectivity index (χ4n) is 3.33. The maximum absolute atomic E-state index is 13.0. The van der Waals surface area contributed by atoms with E-state index in [0.717, 1.165) is 16.3 Å². The Morgan fingerprint density at radius 1 is 1.14 bits per heavy atom. The fraction of sp³-hybridized carbons (Fsp3) is 0.250. The van der Waals surface area contributed by atoms with Crippen LogP contribution in [0.5, 0.6) is 0 Å². The molecule has 8 nitrogen and oxygen atoms in total. The molecule has 0 saturated carbocycles. The Morgan fingerprint density at radius 3 is 2.52 bits per heavy atom. The summed E-state index contributed by atoms with van der Waals surface area (Å²) < 4.78 is 0. The summed E-state index contributed by atoms with van der Waals surface area (Å²) in [6.07, 6.45) is 1.26. The molecule has 4 rings (SSSR count). The summed E-state index contributed by atoms with van der Waals surface area (Å²) in [5.41, 5.74) is 2.19. The van der Waals surface area contributed by atoms with Crippen LogP contribution in [0.15, 0.2) is 48.0 Å². The van der Waals surface area contributed by atoms with Gasteiger partial charge < -0.3 is 9.80 Å². The predicted molar refractivity (Wildman–Crippen MR) is 111 cm³/mol. The van der Waals surface area contributed by atoms with Crippen LogP contribution in [0.1, 0.15) is 16.1 Å². The molecule has 0 bridgehead atoms. The normalized spacial score (nSPS) is 14.1. The van der Waals surface area contributed by atoms with E-state index in [2.05, 4.69) is 9.97 Å². The Labute approximate surface area is 171 Å². The van der Waals surface area contributed by atoms with Gasteiger partial charge in [0.1, 0.15) is 12.0 Å². The number of piperazine rings is 1. The highest BCUT2D eigenvalue weighted by atomic mass is 32.1. The van der Waals surface area contributed by atoms with Gasteiger partial charge in [-0.2, -0.15) is 0 Å². The van der Waals surface area contributed by atoms with Crippen molar-refractivity contribution in [3.05, 3.63) is 69.3 Å². The van der Waals surface area contributed by atoms with E-state index >= 15 is 0 Å². The summed E-state index contributed by atoms with van der Waals surface area (Å²) in [6.45, 7) is 4.22. The molecule has 0 aromatic carbocycles. The Kier molecular flexibility index (Phi) is 5.22. The van der Waals surface area contributed by atoms with Gasteiger partial charge in [0.05, 0.1) is 26.8 Å². The first-order valence-corrected chi connectivity index (χ1v) is 10.1. The first-order valence-electron chi connectivity index (χ1n) is 9.19. The van der Waals surface area contributed by atoms with Crippen LogP contribution in [-0.2, 0) is 0 Å². The van der Waals surface area contributed by atoms with E-state index in [-0.39, 0.29) is 11.6 Å². The zero-order chi connectivity index (χ0) is 20.4. The number of anilines is 1. The van der Waals surface area contributed by atoms with Crippen molar-refractivity contribution in [1.82, 2.24) is 14.9 Å². The molecule has 1 aliphatic rings. The summed E-state index contributed by atoms with van der Waals surface area (Å²) in [6, 6.07) is 10.8. The fourth-order valence-corrected chi connectivity index (χ4v) is 4.03. The van der Waals surface area contributed by atoms with E-state index < -0.39 is 4.92 Å². The molecule has 0 spiro atoms. The molecule has 9 heteroatoms. The van der Waals surface area contributed by atoms with Crippen molar-refractivity contribution in [1.29, 1.82) is 0 Å². The average molecular weight is 409 g/mol. The number of nitro groups is 1. The lowest BCUT2D eigenvalue weighted by Gasteiger charge is -2.35. The molecule has 1 fully saturated rings. The summed E-state index contributed by atoms with van der Waals surface area (Å²) in [4.78, 5) is 37.0. The number of hydrogen-bond donors (Lipinski definition) is 0. The molecule has 0 N–H and O–H groups in total. The second-order valence-electron chi connectivity index (χ2n) is 6.72. The minimum Gasteiger partial charge on any atom is -0.353 e. The van der Waals surface area contributed by atoms with Crippen LogP contribution < -0.4 is 4.90 Å². The van der Waals surface area contributed by atoms with Crippen molar-refractivity contribution < 1.29 is 9.72 Å². The minimum absolute atomic E-state index is 0.0240. The number of carbonyl (C=O) groups is 1. The lowest BCUT2D eigenvalue weighted by Crippen LogP contribution is -2.49. The van der Waals surface area contributed by atoms with Gasteiger partial charge in [-0.1, -0.05) is 6.07 Å². The van der Waals surface area contributed by atoms with Gasteiger partial charge in [0.15, 0.2) is 0 Å². The number of pyridine rings is 2. The first kappa shape index (κ1) is 19.0. The van der Waals surface area contributed by atoms with Crippen molar-refractivity contribution in [3.63, 3.8) is 0 Å². The maximum atomic E-state index is 13.0. The second kappa shape index (κ2) is 7.96. The van der Waals surface area contributed by atoms with E-state index in [1.807, 2.05) is 46.4 Å². The number of aromatic nitrogens is 2. The third-order valence-electron chi connectivity index (χ3n) is 4.92. The molecule has 0 atom stereocenters. The third kappa shape index (κ3) is 3.95. The largest absolute Gasteiger partial charge is 0.353 e. The van der Waals surface area contributed by atoms with Crippen molar-refractivity contribution in [2.45, 2.75) is 6.92 Å². The highest BCUT2D eigenvalue weighted by Crippen LogP contribution is 2.24. The van der Waals surface area contributed by atoms with Crippen molar-refractivity contribution in [2.75, 3.05) is 31.1 Å². The van der Waals surface area contributed by atoms with E-state index in [4.69, 9.17) is 0 Å². The smallest absolute Gasteiger partial charge is 0.287 e. The van der Waals surface area contributed by atoms with E-state index in [0.29, 0.717) is 37.6 Å². The molecule has 29 heavy (non-hydrogen) atoms. The van der Waals surface area contributed by atoms with Crippen molar-refractivity contribution in [3.8, 4) is 10.6 Å². The Balaban J connectivity index is 1.42. The highest BCUT2D eigenvalue weighted by molar-refractivity contribution is 7.13. The van der Waals surface area contributed by atoms with Crippen LogP contribution in [0.4, 0.5) is 11.5 Å². The van der Waals surface area contributed by atoms with Crippen LogP contribution >= 0.6 is 11.3 Å². The molecule has 0 unspecified atom stereocenters. The molecule has 1 aliphatic heterocycles. The van der Waals surface area contributed by atoms with Gasteiger partial charge in [-0.05, 0) is 36.6 Å². The monoisotopic (exact) mass is 409 g/mol. The van der Waals surface area contributed by atoms with Crippen LogP contribution in [0.2, 0.25) is 0 Å². The quantitative estimate of drug-likeness (QED) is 0.484. The molecule has 3 aromatic heterocycles. The lowest BCUT2D eigenvalue weighted by atomic mass is 10.1. The molecule has 1 amide bonds. The van der Waals surface area contributed by atoms with E-state index in [9.17, 15) is 14.9 Å². The van der Waals surface area contributed by atoms with Gasteiger partial charge in [0.2, 0.25) is 0 Å². The number of hydrogen-bond acceptors (Lipinski definition) is 7. The zero-order valence-corrected chi connectivity index (χ0v) is 16.6. The lowest BCUT2D eigenvalue weighted by molar-refractivity contribution is -0.385. The van der Waals surface area contributed by atoms with Crippen LogP contribution in [-0.4, -0.2) is 51.9 Å². The SMILES string of the molecule is Cc1nc(-c2cccs2)ccc1C(=O)N1CCN(c2ccc([N+](=O)[O-])cn2)CC1. The predicted octanol–water partition coefficient (Wildman–Crippen LogP) is 3.38. The first-order chi connectivity index (χ1) is 14.0. The van der Waals surface area contributed by atoms with Gasteiger partial charge >= 0.3 is 0 Å². The topological polar surface area (TPSA) is 92.5 Å². The Bertz CT molecular complexity index is 1030.